The highest BCUT2D eigenvalue weighted by atomic mass is 16.3. The number of aliphatic hydroxyl groups is 1. The number of hydrogen-bond acceptors (Lipinski definition) is 3. The molecule has 21 heavy (non-hydrogen) atoms. The van der Waals surface area contributed by atoms with Crippen molar-refractivity contribution in [1.82, 2.24) is 5.32 Å². The van der Waals surface area contributed by atoms with Gasteiger partial charge in [0.05, 0.1) is 6.10 Å². The summed E-state index contributed by atoms with van der Waals surface area (Å²) >= 11 is 0. The maximum atomic E-state index is 11.1. The topological polar surface area (TPSA) is 75.4 Å². The van der Waals surface area contributed by atoms with Crippen LogP contribution in [0.25, 0.3) is 0 Å². The highest BCUT2D eigenvalue weighted by Gasteiger charge is 2.21. The molecule has 1 aliphatic carbocycles. The summed E-state index contributed by atoms with van der Waals surface area (Å²) < 4.78 is 0. The van der Waals surface area contributed by atoms with Crippen molar-refractivity contribution in [2.45, 2.75) is 51.2 Å². The Morgan fingerprint density at radius 2 is 2.14 bits per heavy atom. The number of nitrogens with one attached hydrogen (secondary N) is 1. The van der Waals surface area contributed by atoms with Gasteiger partial charge >= 0.3 is 0 Å². The Bertz CT molecular complexity index is 462. The molecule has 1 aliphatic rings. The van der Waals surface area contributed by atoms with Gasteiger partial charge in [-0.2, -0.15) is 0 Å². The molecular formula is C17H26N2O2. The van der Waals surface area contributed by atoms with E-state index in [1.165, 1.54) is 19.3 Å². The van der Waals surface area contributed by atoms with E-state index in [4.69, 9.17) is 5.73 Å². The maximum Gasteiger partial charge on any atom is 0.248 e. The summed E-state index contributed by atoms with van der Waals surface area (Å²) in [6.45, 7) is 1.68. The fraction of sp³-hybridized carbons (Fsp3) is 0.588. The van der Waals surface area contributed by atoms with Crippen LogP contribution in [0.3, 0.4) is 0 Å². The molecule has 1 amide bonds. The van der Waals surface area contributed by atoms with Crippen LogP contribution in [0, 0.1) is 5.92 Å². The molecule has 4 nitrogen and oxygen atoms in total. The van der Waals surface area contributed by atoms with Gasteiger partial charge in [0.2, 0.25) is 5.91 Å². The van der Waals surface area contributed by atoms with Crippen LogP contribution < -0.4 is 11.1 Å². The SMILES string of the molecule is NC(=O)c1cccc(CNCCCC2CCCCC2O)c1. The van der Waals surface area contributed by atoms with Gasteiger partial charge in [-0.25, -0.2) is 0 Å². The third-order valence-electron chi connectivity index (χ3n) is 4.34. The Morgan fingerprint density at radius 3 is 2.90 bits per heavy atom. The average Bonchev–Trinajstić information content (AvgIpc) is 2.49. The van der Waals surface area contributed by atoms with Crippen molar-refractivity contribution in [3.63, 3.8) is 0 Å². The number of nitrogens with two attached hydrogens (primary N) is 1. The minimum Gasteiger partial charge on any atom is -0.393 e. The molecule has 4 N–H and O–H groups in total. The summed E-state index contributed by atoms with van der Waals surface area (Å²) in [6.07, 6.45) is 6.65. The van der Waals surface area contributed by atoms with E-state index in [2.05, 4.69) is 5.32 Å². The van der Waals surface area contributed by atoms with E-state index in [0.29, 0.717) is 11.5 Å². The maximum absolute atomic E-state index is 11.1. The summed E-state index contributed by atoms with van der Waals surface area (Å²) in [7, 11) is 0. The van der Waals surface area contributed by atoms with Crippen molar-refractivity contribution in [1.29, 1.82) is 0 Å². The number of amides is 1. The van der Waals surface area contributed by atoms with Crippen LogP contribution in [-0.4, -0.2) is 23.7 Å². The lowest BCUT2D eigenvalue weighted by Crippen LogP contribution is -2.25. The molecule has 4 heteroatoms. The fourth-order valence-corrected chi connectivity index (χ4v) is 3.08. The lowest BCUT2D eigenvalue weighted by Gasteiger charge is -2.27. The molecule has 0 spiro atoms. The molecule has 1 aromatic rings. The molecule has 0 aromatic heterocycles. The number of primary amides is 1. The molecule has 2 rings (SSSR count). The number of benzene rings is 1. The van der Waals surface area contributed by atoms with Crippen molar-refractivity contribution in [3.05, 3.63) is 35.4 Å². The normalized spacial score (nSPS) is 22.1. The first kappa shape index (κ1) is 16.0. The summed E-state index contributed by atoms with van der Waals surface area (Å²) in [5, 5.41) is 13.3. The second kappa shape index (κ2) is 8.15. The van der Waals surface area contributed by atoms with Gasteiger partial charge in [0.1, 0.15) is 0 Å². The molecule has 1 fully saturated rings. The van der Waals surface area contributed by atoms with Crippen LogP contribution >= 0.6 is 0 Å². The van der Waals surface area contributed by atoms with Gasteiger partial charge in [0.15, 0.2) is 0 Å². The van der Waals surface area contributed by atoms with Gasteiger partial charge in [-0.1, -0.05) is 25.0 Å². The van der Waals surface area contributed by atoms with E-state index in [-0.39, 0.29) is 12.0 Å². The quantitative estimate of drug-likeness (QED) is 0.674. The Kier molecular flexibility index (Phi) is 6.21. The molecule has 116 valence electrons. The van der Waals surface area contributed by atoms with Crippen LogP contribution in [0.1, 0.15) is 54.4 Å². The number of hydrogen-bond donors (Lipinski definition) is 3. The van der Waals surface area contributed by atoms with Crippen LogP contribution in [0.15, 0.2) is 24.3 Å². The first-order valence-electron chi connectivity index (χ1n) is 7.94. The molecule has 2 atom stereocenters. The van der Waals surface area contributed by atoms with Gasteiger partial charge in [0, 0.05) is 12.1 Å². The zero-order chi connectivity index (χ0) is 15.1. The third kappa shape index (κ3) is 5.14. The molecule has 0 heterocycles. The second-order valence-electron chi connectivity index (χ2n) is 6.00. The Labute approximate surface area is 126 Å². The van der Waals surface area contributed by atoms with E-state index < -0.39 is 0 Å². The third-order valence-corrected chi connectivity index (χ3v) is 4.34. The lowest BCUT2D eigenvalue weighted by atomic mass is 9.83. The Balaban J connectivity index is 1.65. The van der Waals surface area contributed by atoms with Crippen molar-refractivity contribution < 1.29 is 9.90 Å². The first-order chi connectivity index (χ1) is 10.2. The van der Waals surface area contributed by atoms with E-state index in [9.17, 15) is 9.90 Å². The van der Waals surface area contributed by atoms with E-state index in [0.717, 1.165) is 37.9 Å². The van der Waals surface area contributed by atoms with Crippen LogP contribution in [0.5, 0.6) is 0 Å². The van der Waals surface area contributed by atoms with E-state index in [1.54, 1.807) is 6.07 Å². The highest BCUT2D eigenvalue weighted by molar-refractivity contribution is 5.92. The average molecular weight is 290 g/mol. The molecule has 0 radical (unpaired) electrons. The van der Waals surface area contributed by atoms with Crippen molar-refractivity contribution in [3.8, 4) is 0 Å². The molecule has 2 unspecified atom stereocenters. The van der Waals surface area contributed by atoms with Gasteiger partial charge in [0.25, 0.3) is 0 Å². The van der Waals surface area contributed by atoms with Gasteiger partial charge in [-0.3, -0.25) is 4.79 Å². The van der Waals surface area contributed by atoms with Gasteiger partial charge in [-0.05, 0) is 55.8 Å². The Morgan fingerprint density at radius 1 is 1.33 bits per heavy atom. The van der Waals surface area contributed by atoms with Crippen LogP contribution in [0.2, 0.25) is 0 Å². The van der Waals surface area contributed by atoms with Gasteiger partial charge in [-0.15, -0.1) is 0 Å². The summed E-state index contributed by atoms with van der Waals surface area (Å²) in [5.74, 6) is 0.0990. The molecular weight excluding hydrogens is 264 g/mol. The van der Waals surface area contributed by atoms with Crippen LogP contribution in [-0.2, 0) is 6.54 Å². The summed E-state index contributed by atoms with van der Waals surface area (Å²) in [5.41, 5.74) is 6.90. The first-order valence-corrected chi connectivity index (χ1v) is 7.94. The standard InChI is InChI=1S/C17H26N2O2/c18-17(21)15-7-3-5-13(11-15)12-19-10-4-8-14-6-1-2-9-16(14)20/h3,5,7,11,14,16,19-20H,1-2,4,6,8-10,12H2,(H2,18,21). The predicted molar refractivity (Wildman–Crippen MR) is 83.9 cm³/mol. The molecule has 0 bridgehead atoms. The molecule has 0 saturated heterocycles. The zero-order valence-corrected chi connectivity index (χ0v) is 12.6. The van der Waals surface area contributed by atoms with E-state index in [1.807, 2.05) is 18.2 Å². The molecule has 0 aliphatic heterocycles. The largest absolute Gasteiger partial charge is 0.393 e. The molecule has 1 aromatic carbocycles. The smallest absolute Gasteiger partial charge is 0.248 e. The van der Waals surface area contributed by atoms with Crippen molar-refractivity contribution in [2.75, 3.05) is 6.54 Å². The predicted octanol–water partition coefficient (Wildman–Crippen LogP) is 2.21. The monoisotopic (exact) mass is 290 g/mol. The summed E-state index contributed by atoms with van der Waals surface area (Å²) in [4.78, 5) is 11.1. The Hall–Kier alpha value is -1.39. The summed E-state index contributed by atoms with van der Waals surface area (Å²) in [6, 6.07) is 7.41. The van der Waals surface area contributed by atoms with E-state index >= 15 is 0 Å². The molecule has 1 saturated carbocycles. The minimum atomic E-state index is -0.386. The second-order valence-corrected chi connectivity index (χ2v) is 6.00. The number of rotatable bonds is 7. The van der Waals surface area contributed by atoms with Gasteiger partial charge < -0.3 is 16.2 Å². The van der Waals surface area contributed by atoms with Crippen molar-refractivity contribution >= 4 is 5.91 Å². The highest BCUT2D eigenvalue weighted by Crippen LogP contribution is 2.27. The number of aliphatic hydroxyl groups excluding tert-OH is 1. The lowest BCUT2D eigenvalue weighted by molar-refractivity contribution is 0.0643. The zero-order valence-electron chi connectivity index (χ0n) is 12.6. The fourth-order valence-electron chi connectivity index (χ4n) is 3.08. The van der Waals surface area contributed by atoms with Crippen LogP contribution in [0.4, 0.5) is 0 Å². The van der Waals surface area contributed by atoms with Crippen molar-refractivity contribution in [2.24, 2.45) is 11.7 Å². The minimum absolute atomic E-state index is 0.0917. The number of carbonyl (C=O) groups is 1. The number of carbonyl (C=O) groups excluding carboxylic acids is 1.